The number of hydrogen-bond donors (Lipinski definition) is 2. The van der Waals surface area contributed by atoms with Gasteiger partial charge in [-0.1, -0.05) is 45.7 Å². The fraction of sp³-hybridized carbons (Fsp3) is 0.0667. The molecule has 0 aliphatic rings. The number of anilines is 1. The van der Waals surface area contributed by atoms with Crippen molar-refractivity contribution in [1.82, 2.24) is 0 Å². The van der Waals surface area contributed by atoms with E-state index in [4.69, 9.17) is 16.7 Å². The van der Waals surface area contributed by atoms with Crippen LogP contribution >= 0.6 is 27.5 Å². The molecule has 0 fully saturated rings. The lowest BCUT2D eigenvalue weighted by molar-refractivity contribution is -0.115. The second-order valence-electron chi connectivity index (χ2n) is 4.32. The Hall–Kier alpha value is -1.85. The lowest BCUT2D eigenvalue weighted by Gasteiger charge is -2.10. The van der Waals surface area contributed by atoms with Gasteiger partial charge in [-0.2, -0.15) is 0 Å². The van der Waals surface area contributed by atoms with Gasteiger partial charge in [-0.3, -0.25) is 4.79 Å². The van der Waals surface area contributed by atoms with Gasteiger partial charge in [-0.25, -0.2) is 4.79 Å². The molecule has 4 nitrogen and oxygen atoms in total. The highest BCUT2D eigenvalue weighted by Gasteiger charge is 2.15. The minimum Gasteiger partial charge on any atom is -0.478 e. The van der Waals surface area contributed by atoms with Gasteiger partial charge in [0.1, 0.15) is 0 Å². The van der Waals surface area contributed by atoms with Gasteiger partial charge in [0, 0.05) is 4.47 Å². The van der Waals surface area contributed by atoms with Gasteiger partial charge in [0.05, 0.1) is 22.7 Å². The van der Waals surface area contributed by atoms with E-state index in [9.17, 15) is 9.59 Å². The smallest absolute Gasteiger partial charge is 0.337 e. The zero-order valence-corrected chi connectivity index (χ0v) is 13.1. The predicted molar refractivity (Wildman–Crippen MR) is 84.9 cm³/mol. The quantitative estimate of drug-likeness (QED) is 0.858. The summed E-state index contributed by atoms with van der Waals surface area (Å²) in [6, 6.07) is 11.8. The molecule has 1 amide bonds. The van der Waals surface area contributed by atoms with Crippen molar-refractivity contribution >= 4 is 45.1 Å². The van der Waals surface area contributed by atoms with Crippen molar-refractivity contribution in [2.24, 2.45) is 0 Å². The summed E-state index contributed by atoms with van der Waals surface area (Å²) in [7, 11) is 0. The molecule has 0 aliphatic heterocycles. The van der Waals surface area contributed by atoms with Crippen LogP contribution in [0.15, 0.2) is 46.9 Å². The molecule has 0 unspecified atom stereocenters. The molecule has 0 spiro atoms. The Labute approximate surface area is 134 Å². The van der Waals surface area contributed by atoms with E-state index in [1.807, 2.05) is 24.3 Å². The van der Waals surface area contributed by atoms with E-state index in [0.29, 0.717) is 0 Å². The van der Waals surface area contributed by atoms with E-state index < -0.39 is 5.97 Å². The average molecular weight is 369 g/mol. The average Bonchev–Trinajstić information content (AvgIpc) is 2.40. The summed E-state index contributed by atoms with van der Waals surface area (Å²) in [4.78, 5) is 23.2. The second-order valence-corrected chi connectivity index (χ2v) is 5.65. The van der Waals surface area contributed by atoms with Gasteiger partial charge in [0.2, 0.25) is 5.91 Å². The zero-order valence-electron chi connectivity index (χ0n) is 10.8. The van der Waals surface area contributed by atoms with Crippen molar-refractivity contribution in [2.75, 3.05) is 5.32 Å². The first-order valence-electron chi connectivity index (χ1n) is 6.03. The fourth-order valence-electron chi connectivity index (χ4n) is 1.85. The number of carboxylic acids is 1. The normalized spacial score (nSPS) is 10.2. The molecule has 21 heavy (non-hydrogen) atoms. The van der Waals surface area contributed by atoms with E-state index in [-0.39, 0.29) is 28.6 Å². The molecule has 0 saturated carbocycles. The van der Waals surface area contributed by atoms with Gasteiger partial charge in [0.25, 0.3) is 0 Å². The summed E-state index contributed by atoms with van der Waals surface area (Å²) in [5, 5.41) is 11.9. The first-order valence-corrected chi connectivity index (χ1v) is 7.20. The third kappa shape index (κ3) is 4.06. The van der Waals surface area contributed by atoms with Crippen LogP contribution in [0, 0.1) is 0 Å². The number of amides is 1. The monoisotopic (exact) mass is 367 g/mol. The van der Waals surface area contributed by atoms with E-state index in [2.05, 4.69) is 21.2 Å². The van der Waals surface area contributed by atoms with Crippen LogP contribution in [0.1, 0.15) is 15.9 Å². The Morgan fingerprint density at radius 2 is 1.90 bits per heavy atom. The molecule has 2 rings (SSSR count). The maximum absolute atomic E-state index is 12.0. The van der Waals surface area contributed by atoms with Gasteiger partial charge in [-0.15, -0.1) is 0 Å². The summed E-state index contributed by atoms with van der Waals surface area (Å²) in [6.07, 6.45) is 0.129. The number of halogens is 2. The van der Waals surface area contributed by atoms with Gasteiger partial charge in [-0.05, 0) is 29.8 Å². The lowest BCUT2D eigenvalue weighted by atomic mass is 10.1. The maximum Gasteiger partial charge on any atom is 0.337 e. The Bertz CT molecular complexity index is 703. The molecule has 0 aromatic heterocycles. The van der Waals surface area contributed by atoms with Gasteiger partial charge < -0.3 is 10.4 Å². The topological polar surface area (TPSA) is 66.4 Å². The zero-order chi connectivity index (χ0) is 15.4. The van der Waals surface area contributed by atoms with Crippen molar-refractivity contribution in [3.8, 4) is 0 Å². The standard InChI is InChI=1S/C15H11BrClNO3/c16-10-4-1-3-9(7-10)8-13(19)18-14-11(15(20)21)5-2-6-12(14)17/h1-7H,8H2,(H,18,19)(H,20,21). The lowest BCUT2D eigenvalue weighted by Crippen LogP contribution is -2.17. The van der Waals surface area contributed by atoms with Crippen molar-refractivity contribution in [3.63, 3.8) is 0 Å². The maximum atomic E-state index is 12.0. The largest absolute Gasteiger partial charge is 0.478 e. The van der Waals surface area contributed by atoms with E-state index >= 15 is 0 Å². The fourth-order valence-corrected chi connectivity index (χ4v) is 2.51. The molecule has 0 heterocycles. The molecule has 2 aromatic rings. The molecule has 0 aliphatic carbocycles. The van der Waals surface area contributed by atoms with Crippen LogP contribution in [0.2, 0.25) is 5.02 Å². The first-order chi connectivity index (χ1) is 9.97. The van der Waals surface area contributed by atoms with Crippen LogP contribution < -0.4 is 5.32 Å². The molecule has 108 valence electrons. The number of para-hydroxylation sites is 1. The third-order valence-electron chi connectivity index (χ3n) is 2.76. The number of carbonyl (C=O) groups is 2. The second kappa shape index (κ2) is 6.74. The molecule has 6 heteroatoms. The molecule has 2 aromatic carbocycles. The number of nitrogens with one attached hydrogen (secondary N) is 1. The molecule has 2 N–H and O–H groups in total. The SMILES string of the molecule is O=C(Cc1cccc(Br)c1)Nc1c(Cl)cccc1C(=O)O. The van der Waals surface area contributed by atoms with Gasteiger partial charge >= 0.3 is 5.97 Å². The van der Waals surface area contributed by atoms with Crippen molar-refractivity contribution in [1.29, 1.82) is 0 Å². The van der Waals surface area contributed by atoms with E-state index in [1.165, 1.54) is 18.2 Å². The van der Waals surface area contributed by atoms with Gasteiger partial charge in [0.15, 0.2) is 0 Å². The molecule has 0 radical (unpaired) electrons. The number of rotatable bonds is 4. The van der Waals surface area contributed by atoms with Crippen LogP contribution in [0.25, 0.3) is 0 Å². The Balaban J connectivity index is 2.18. The van der Waals surface area contributed by atoms with E-state index in [0.717, 1.165) is 10.0 Å². The summed E-state index contributed by atoms with van der Waals surface area (Å²) in [6.45, 7) is 0. The number of carboxylic acid groups (broad SMARTS) is 1. The Kier molecular flexibility index (Phi) is 4.98. The molecule has 0 atom stereocenters. The van der Waals surface area contributed by atoms with Crippen LogP contribution in [0.3, 0.4) is 0 Å². The van der Waals surface area contributed by atoms with Crippen LogP contribution in [0.5, 0.6) is 0 Å². The van der Waals surface area contributed by atoms with E-state index in [1.54, 1.807) is 0 Å². The molecule has 0 bridgehead atoms. The number of hydrogen-bond acceptors (Lipinski definition) is 2. The third-order valence-corrected chi connectivity index (χ3v) is 3.57. The molecular weight excluding hydrogens is 358 g/mol. The highest BCUT2D eigenvalue weighted by atomic mass is 79.9. The molecular formula is C15H11BrClNO3. The van der Waals surface area contributed by atoms with Crippen molar-refractivity contribution in [3.05, 3.63) is 63.1 Å². The number of aromatic carboxylic acids is 1. The Morgan fingerprint density at radius 1 is 1.19 bits per heavy atom. The summed E-state index contributed by atoms with van der Waals surface area (Å²) in [5.41, 5.74) is 0.891. The van der Waals surface area contributed by atoms with Crippen molar-refractivity contribution in [2.45, 2.75) is 6.42 Å². The number of carbonyl (C=O) groups excluding carboxylic acids is 1. The van der Waals surface area contributed by atoms with Crippen LogP contribution in [-0.2, 0) is 11.2 Å². The summed E-state index contributed by atoms with van der Waals surface area (Å²) in [5.74, 6) is -1.47. The van der Waals surface area contributed by atoms with Crippen LogP contribution in [0.4, 0.5) is 5.69 Å². The van der Waals surface area contributed by atoms with Crippen LogP contribution in [-0.4, -0.2) is 17.0 Å². The highest BCUT2D eigenvalue weighted by Crippen LogP contribution is 2.26. The molecule has 0 saturated heterocycles. The highest BCUT2D eigenvalue weighted by molar-refractivity contribution is 9.10. The Morgan fingerprint density at radius 3 is 2.57 bits per heavy atom. The summed E-state index contributed by atoms with van der Waals surface area (Å²) >= 11 is 9.29. The minimum atomic E-state index is -1.14. The first kappa shape index (κ1) is 15.5. The minimum absolute atomic E-state index is 0.0370. The number of benzene rings is 2. The predicted octanol–water partition coefficient (Wildman–Crippen LogP) is 3.98. The van der Waals surface area contributed by atoms with Crippen molar-refractivity contribution < 1.29 is 14.7 Å². The summed E-state index contributed by atoms with van der Waals surface area (Å²) < 4.78 is 0.872.